The summed E-state index contributed by atoms with van der Waals surface area (Å²) < 4.78 is 63.2. The maximum atomic E-state index is 12.9. The normalized spacial score (nSPS) is 11.8. The Hall–Kier alpha value is -1.92. The van der Waals surface area contributed by atoms with Crippen molar-refractivity contribution in [2.45, 2.75) is 6.18 Å². The Bertz CT molecular complexity index is 524. The van der Waals surface area contributed by atoms with Crippen molar-refractivity contribution in [3.63, 3.8) is 0 Å². The molecule has 0 unspecified atom stereocenters. The van der Waals surface area contributed by atoms with Gasteiger partial charge in [-0.25, -0.2) is 13.5 Å². The van der Waals surface area contributed by atoms with E-state index in [1.807, 2.05) is 0 Å². The van der Waals surface area contributed by atoms with Crippen LogP contribution in [0.3, 0.4) is 0 Å². The lowest BCUT2D eigenvalue weighted by atomic mass is 10.3. The van der Waals surface area contributed by atoms with Gasteiger partial charge < -0.3 is 0 Å². The van der Waals surface area contributed by atoms with Gasteiger partial charge in [-0.1, -0.05) is 0 Å². The summed E-state index contributed by atoms with van der Waals surface area (Å²) >= 11 is 0. The van der Waals surface area contributed by atoms with Crippen LogP contribution in [0.4, 0.5) is 22.0 Å². The molecule has 17 heavy (non-hydrogen) atoms. The molecule has 0 atom stereocenters. The van der Waals surface area contributed by atoms with Gasteiger partial charge in [0.25, 0.3) is 0 Å². The fourth-order valence-corrected chi connectivity index (χ4v) is 1.29. The van der Waals surface area contributed by atoms with Crippen LogP contribution in [0.2, 0.25) is 0 Å². The SMILES string of the molecule is Fc1cc(F)cc(-n2ccc(C(F)(F)F)n2)c1. The molecule has 1 aromatic heterocycles. The van der Waals surface area contributed by atoms with Crippen LogP contribution in [0.15, 0.2) is 30.5 Å². The van der Waals surface area contributed by atoms with E-state index in [0.717, 1.165) is 29.1 Å². The summed E-state index contributed by atoms with van der Waals surface area (Å²) in [6, 6.07) is 3.12. The molecule has 0 saturated heterocycles. The molecule has 0 aliphatic rings. The number of aromatic nitrogens is 2. The molecule has 0 bridgehead atoms. The van der Waals surface area contributed by atoms with Crippen LogP contribution in [0.5, 0.6) is 0 Å². The van der Waals surface area contributed by atoms with E-state index in [9.17, 15) is 22.0 Å². The standard InChI is InChI=1S/C10H5F5N2/c11-6-3-7(12)5-8(4-6)17-2-1-9(16-17)10(13,14)15/h1-5H. The van der Waals surface area contributed by atoms with Crippen LogP contribution in [0, 0.1) is 11.6 Å². The zero-order chi connectivity index (χ0) is 12.6. The van der Waals surface area contributed by atoms with E-state index in [4.69, 9.17) is 0 Å². The second-order valence-electron chi connectivity index (χ2n) is 3.27. The molecule has 2 nitrogen and oxygen atoms in total. The number of benzene rings is 1. The first-order valence-electron chi connectivity index (χ1n) is 4.45. The molecule has 0 aliphatic heterocycles. The predicted octanol–water partition coefficient (Wildman–Crippen LogP) is 3.17. The van der Waals surface area contributed by atoms with Gasteiger partial charge in [0, 0.05) is 12.3 Å². The molecule has 0 radical (unpaired) electrons. The predicted molar refractivity (Wildman–Crippen MR) is 48.5 cm³/mol. The quantitative estimate of drug-likeness (QED) is 0.709. The molecule has 2 aromatic rings. The van der Waals surface area contributed by atoms with Crippen molar-refractivity contribution < 1.29 is 22.0 Å². The maximum absolute atomic E-state index is 12.9. The van der Waals surface area contributed by atoms with E-state index in [0.29, 0.717) is 6.07 Å². The van der Waals surface area contributed by atoms with E-state index in [1.165, 1.54) is 0 Å². The third-order valence-electron chi connectivity index (χ3n) is 1.99. The second kappa shape index (κ2) is 3.83. The lowest BCUT2D eigenvalue weighted by Crippen LogP contribution is -2.07. The Morgan fingerprint density at radius 3 is 2.06 bits per heavy atom. The van der Waals surface area contributed by atoms with Gasteiger partial charge in [-0.15, -0.1) is 0 Å². The summed E-state index contributed by atoms with van der Waals surface area (Å²) in [5.74, 6) is -1.77. The molecule has 2 rings (SSSR count). The molecule has 0 fully saturated rings. The van der Waals surface area contributed by atoms with E-state index >= 15 is 0 Å². The van der Waals surface area contributed by atoms with Crippen molar-refractivity contribution >= 4 is 0 Å². The van der Waals surface area contributed by atoms with Crippen LogP contribution in [0.25, 0.3) is 5.69 Å². The average Bonchev–Trinajstić information content (AvgIpc) is 2.63. The van der Waals surface area contributed by atoms with Gasteiger partial charge >= 0.3 is 6.18 Å². The summed E-state index contributed by atoms with van der Waals surface area (Å²) in [6.07, 6.45) is -3.60. The van der Waals surface area contributed by atoms with Crippen LogP contribution >= 0.6 is 0 Å². The highest BCUT2D eigenvalue weighted by molar-refractivity contribution is 5.32. The summed E-state index contributed by atoms with van der Waals surface area (Å²) in [5.41, 5.74) is -1.24. The van der Waals surface area contributed by atoms with Gasteiger partial charge in [0.2, 0.25) is 0 Å². The first-order valence-corrected chi connectivity index (χ1v) is 4.45. The van der Waals surface area contributed by atoms with Crippen molar-refractivity contribution in [2.24, 2.45) is 0 Å². The Morgan fingerprint density at radius 2 is 1.59 bits per heavy atom. The van der Waals surface area contributed by atoms with Crippen molar-refractivity contribution in [1.29, 1.82) is 0 Å². The fraction of sp³-hybridized carbons (Fsp3) is 0.100. The monoisotopic (exact) mass is 248 g/mol. The smallest absolute Gasteiger partial charge is 0.240 e. The highest BCUT2D eigenvalue weighted by Crippen LogP contribution is 2.27. The highest BCUT2D eigenvalue weighted by atomic mass is 19.4. The molecular weight excluding hydrogens is 243 g/mol. The highest BCUT2D eigenvalue weighted by Gasteiger charge is 2.33. The lowest BCUT2D eigenvalue weighted by Gasteiger charge is -2.03. The van der Waals surface area contributed by atoms with Gasteiger partial charge in [-0.2, -0.15) is 18.3 Å². The van der Waals surface area contributed by atoms with E-state index in [-0.39, 0.29) is 5.69 Å². The largest absolute Gasteiger partial charge is 0.435 e. The minimum atomic E-state index is -4.59. The molecule has 1 aromatic carbocycles. The number of alkyl halides is 3. The number of halogens is 5. The Balaban J connectivity index is 2.44. The van der Waals surface area contributed by atoms with Gasteiger partial charge in [-0.05, 0) is 18.2 Å². The van der Waals surface area contributed by atoms with Crippen molar-refractivity contribution in [3.05, 3.63) is 47.8 Å². The molecule has 7 heteroatoms. The second-order valence-corrected chi connectivity index (χ2v) is 3.27. The Kier molecular flexibility index (Phi) is 2.60. The minimum Gasteiger partial charge on any atom is -0.240 e. The van der Waals surface area contributed by atoms with Crippen LogP contribution in [-0.2, 0) is 6.18 Å². The van der Waals surface area contributed by atoms with Crippen molar-refractivity contribution in [2.75, 3.05) is 0 Å². The first-order chi connectivity index (χ1) is 7.86. The summed E-state index contributed by atoms with van der Waals surface area (Å²) in [6.45, 7) is 0. The summed E-state index contributed by atoms with van der Waals surface area (Å²) in [4.78, 5) is 0. The van der Waals surface area contributed by atoms with Crippen LogP contribution in [0.1, 0.15) is 5.69 Å². The topological polar surface area (TPSA) is 17.8 Å². The van der Waals surface area contributed by atoms with Crippen LogP contribution in [-0.4, -0.2) is 9.78 Å². The zero-order valence-electron chi connectivity index (χ0n) is 8.17. The summed E-state index contributed by atoms with van der Waals surface area (Å²) in [7, 11) is 0. The number of hydrogen-bond acceptors (Lipinski definition) is 1. The van der Waals surface area contributed by atoms with Crippen LogP contribution < -0.4 is 0 Å². The molecule has 0 N–H and O–H groups in total. The Morgan fingerprint density at radius 1 is 1.00 bits per heavy atom. The zero-order valence-corrected chi connectivity index (χ0v) is 8.17. The van der Waals surface area contributed by atoms with E-state index in [1.54, 1.807) is 0 Å². The number of hydrogen-bond donors (Lipinski definition) is 0. The molecule has 1 heterocycles. The van der Waals surface area contributed by atoms with E-state index < -0.39 is 23.5 Å². The summed E-state index contributed by atoms with van der Waals surface area (Å²) in [5, 5.41) is 3.19. The third-order valence-corrected chi connectivity index (χ3v) is 1.99. The molecule has 0 aliphatic carbocycles. The third kappa shape index (κ3) is 2.43. The van der Waals surface area contributed by atoms with E-state index in [2.05, 4.69) is 5.10 Å². The minimum absolute atomic E-state index is 0.113. The lowest BCUT2D eigenvalue weighted by molar-refractivity contribution is -0.141. The maximum Gasteiger partial charge on any atom is 0.435 e. The van der Waals surface area contributed by atoms with Gasteiger partial charge in [0.1, 0.15) is 11.6 Å². The Labute approximate surface area is 92.3 Å². The molecule has 90 valence electrons. The average molecular weight is 248 g/mol. The molecular formula is C10H5F5N2. The van der Waals surface area contributed by atoms with Gasteiger partial charge in [0.15, 0.2) is 5.69 Å². The van der Waals surface area contributed by atoms with Gasteiger partial charge in [0.05, 0.1) is 5.69 Å². The number of nitrogens with zero attached hydrogens (tertiary/aromatic N) is 2. The van der Waals surface area contributed by atoms with Gasteiger partial charge in [-0.3, -0.25) is 0 Å². The number of rotatable bonds is 1. The molecule has 0 saturated carbocycles. The fourth-order valence-electron chi connectivity index (χ4n) is 1.29. The molecule has 0 spiro atoms. The first kappa shape index (κ1) is 11.6. The molecule has 0 amide bonds. The van der Waals surface area contributed by atoms with Crippen molar-refractivity contribution in [1.82, 2.24) is 9.78 Å². The van der Waals surface area contributed by atoms with Crippen molar-refractivity contribution in [3.8, 4) is 5.69 Å².